The molecule has 1 amide bonds. The molecule has 22 heavy (non-hydrogen) atoms. The fourth-order valence-corrected chi connectivity index (χ4v) is 2.84. The average molecular weight is 327 g/mol. The van der Waals surface area contributed by atoms with Crippen molar-refractivity contribution in [1.29, 1.82) is 0 Å². The van der Waals surface area contributed by atoms with E-state index < -0.39 is 5.54 Å². The van der Waals surface area contributed by atoms with E-state index in [1.807, 2.05) is 31.2 Å². The van der Waals surface area contributed by atoms with E-state index in [4.69, 9.17) is 10.5 Å². The SMILES string of the molecule is CCOCc1ccccc1CNC(=O)C1(N)CCCCC1.Cl. The van der Waals surface area contributed by atoms with Crippen molar-refractivity contribution in [1.82, 2.24) is 5.32 Å². The van der Waals surface area contributed by atoms with Gasteiger partial charge in [0.05, 0.1) is 12.1 Å². The molecular formula is C17H27ClN2O2. The van der Waals surface area contributed by atoms with Gasteiger partial charge in [0.15, 0.2) is 0 Å². The number of ether oxygens (including phenoxy) is 1. The number of nitrogens with two attached hydrogens (primary N) is 1. The molecule has 4 nitrogen and oxygen atoms in total. The lowest BCUT2D eigenvalue weighted by molar-refractivity contribution is -0.127. The molecule has 0 aliphatic heterocycles. The molecule has 2 rings (SSSR count). The van der Waals surface area contributed by atoms with Gasteiger partial charge in [-0.05, 0) is 30.9 Å². The molecule has 0 aromatic heterocycles. The van der Waals surface area contributed by atoms with E-state index in [1.165, 1.54) is 6.42 Å². The fourth-order valence-electron chi connectivity index (χ4n) is 2.84. The number of rotatable bonds is 6. The summed E-state index contributed by atoms with van der Waals surface area (Å²) < 4.78 is 5.47. The van der Waals surface area contributed by atoms with Gasteiger partial charge < -0.3 is 15.8 Å². The van der Waals surface area contributed by atoms with Crippen LogP contribution in [-0.2, 0) is 22.7 Å². The lowest BCUT2D eigenvalue weighted by atomic mass is 9.82. The van der Waals surface area contributed by atoms with Crippen LogP contribution in [0, 0.1) is 0 Å². The minimum atomic E-state index is -0.673. The predicted molar refractivity (Wildman–Crippen MR) is 90.9 cm³/mol. The molecule has 124 valence electrons. The summed E-state index contributed by atoms with van der Waals surface area (Å²) in [5.41, 5.74) is 7.79. The topological polar surface area (TPSA) is 64.3 Å². The highest BCUT2D eigenvalue weighted by molar-refractivity contribution is 5.86. The highest BCUT2D eigenvalue weighted by atomic mass is 35.5. The number of carbonyl (C=O) groups excluding carboxylic acids is 1. The van der Waals surface area contributed by atoms with Crippen LogP contribution in [0.1, 0.15) is 50.2 Å². The van der Waals surface area contributed by atoms with Crippen molar-refractivity contribution in [3.63, 3.8) is 0 Å². The molecule has 0 radical (unpaired) electrons. The molecule has 0 saturated heterocycles. The van der Waals surface area contributed by atoms with Crippen molar-refractivity contribution >= 4 is 18.3 Å². The van der Waals surface area contributed by atoms with Crippen molar-refractivity contribution in [2.45, 2.75) is 57.7 Å². The van der Waals surface area contributed by atoms with Crippen molar-refractivity contribution < 1.29 is 9.53 Å². The first-order chi connectivity index (χ1) is 10.2. The summed E-state index contributed by atoms with van der Waals surface area (Å²) in [6.45, 7) is 3.76. The molecule has 1 aliphatic rings. The number of benzene rings is 1. The first-order valence-electron chi connectivity index (χ1n) is 7.87. The van der Waals surface area contributed by atoms with Crippen LogP contribution in [0.5, 0.6) is 0 Å². The Hall–Kier alpha value is -1.10. The van der Waals surface area contributed by atoms with Crippen LogP contribution in [0.15, 0.2) is 24.3 Å². The first-order valence-corrected chi connectivity index (χ1v) is 7.87. The van der Waals surface area contributed by atoms with Crippen LogP contribution in [0.3, 0.4) is 0 Å². The third-order valence-corrected chi connectivity index (χ3v) is 4.22. The Balaban J connectivity index is 0.00000242. The van der Waals surface area contributed by atoms with E-state index in [9.17, 15) is 4.79 Å². The number of amides is 1. The Morgan fingerprint density at radius 1 is 1.23 bits per heavy atom. The van der Waals surface area contributed by atoms with Crippen LogP contribution in [0.4, 0.5) is 0 Å². The van der Waals surface area contributed by atoms with Crippen LogP contribution in [0.25, 0.3) is 0 Å². The predicted octanol–water partition coefficient (Wildman–Crippen LogP) is 2.92. The third kappa shape index (κ3) is 4.97. The molecule has 1 fully saturated rings. The smallest absolute Gasteiger partial charge is 0.240 e. The van der Waals surface area contributed by atoms with Crippen LogP contribution < -0.4 is 11.1 Å². The van der Waals surface area contributed by atoms with Crippen molar-refractivity contribution in [3.8, 4) is 0 Å². The summed E-state index contributed by atoms with van der Waals surface area (Å²) >= 11 is 0. The molecule has 1 aromatic rings. The van der Waals surface area contributed by atoms with Crippen molar-refractivity contribution in [3.05, 3.63) is 35.4 Å². The number of hydrogen-bond donors (Lipinski definition) is 2. The minimum absolute atomic E-state index is 0. The zero-order chi connectivity index (χ0) is 15.1. The van der Waals surface area contributed by atoms with Crippen LogP contribution in [0.2, 0.25) is 0 Å². The van der Waals surface area contributed by atoms with E-state index in [-0.39, 0.29) is 18.3 Å². The second-order valence-electron chi connectivity index (χ2n) is 5.81. The van der Waals surface area contributed by atoms with Crippen LogP contribution in [-0.4, -0.2) is 18.1 Å². The van der Waals surface area contributed by atoms with Gasteiger partial charge >= 0.3 is 0 Å². The standard InChI is InChI=1S/C17H26N2O2.ClH/c1-2-21-13-15-9-5-4-8-14(15)12-19-16(20)17(18)10-6-3-7-11-17;/h4-5,8-9H,2-3,6-7,10-13,18H2,1H3,(H,19,20);1H. The number of hydrogen-bond acceptors (Lipinski definition) is 3. The maximum Gasteiger partial charge on any atom is 0.240 e. The average Bonchev–Trinajstić information content (AvgIpc) is 2.52. The van der Waals surface area contributed by atoms with Crippen molar-refractivity contribution in [2.24, 2.45) is 5.73 Å². The zero-order valence-corrected chi connectivity index (χ0v) is 14.1. The van der Waals surface area contributed by atoms with Gasteiger partial charge in [-0.1, -0.05) is 43.5 Å². The Labute approximate surface area is 139 Å². The van der Waals surface area contributed by atoms with E-state index in [0.29, 0.717) is 19.8 Å². The van der Waals surface area contributed by atoms with Gasteiger partial charge in [-0.2, -0.15) is 0 Å². The maximum atomic E-state index is 12.4. The van der Waals surface area contributed by atoms with E-state index in [0.717, 1.165) is 36.8 Å². The van der Waals surface area contributed by atoms with E-state index in [2.05, 4.69) is 5.32 Å². The number of carbonyl (C=O) groups is 1. The molecule has 0 unspecified atom stereocenters. The molecule has 3 N–H and O–H groups in total. The molecule has 0 spiro atoms. The largest absolute Gasteiger partial charge is 0.377 e. The molecule has 1 saturated carbocycles. The molecule has 0 atom stereocenters. The second kappa shape index (κ2) is 9.13. The minimum Gasteiger partial charge on any atom is -0.377 e. The summed E-state index contributed by atoms with van der Waals surface area (Å²) in [7, 11) is 0. The monoisotopic (exact) mass is 326 g/mol. The van der Waals surface area contributed by atoms with Gasteiger partial charge in [0.2, 0.25) is 5.91 Å². The lowest BCUT2D eigenvalue weighted by Gasteiger charge is -2.31. The normalized spacial score (nSPS) is 16.6. The summed E-state index contributed by atoms with van der Waals surface area (Å²) in [5, 5.41) is 3.01. The van der Waals surface area contributed by atoms with Gasteiger partial charge in [-0.3, -0.25) is 4.79 Å². The molecule has 0 bridgehead atoms. The van der Waals surface area contributed by atoms with Crippen molar-refractivity contribution in [2.75, 3.05) is 6.61 Å². The first kappa shape index (κ1) is 18.9. The molecule has 0 heterocycles. The highest BCUT2D eigenvalue weighted by Crippen LogP contribution is 2.26. The quantitative estimate of drug-likeness (QED) is 0.844. The Bertz CT molecular complexity index is 473. The maximum absolute atomic E-state index is 12.4. The van der Waals surface area contributed by atoms with Crippen LogP contribution >= 0.6 is 12.4 Å². The van der Waals surface area contributed by atoms with Gasteiger partial charge in [0, 0.05) is 13.2 Å². The molecular weight excluding hydrogens is 300 g/mol. The Kier molecular flexibility index (Phi) is 7.87. The summed E-state index contributed by atoms with van der Waals surface area (Å²) in [6, 6.07) is 8.04. The van der Waals surface area contributed by atoms with E-state index in [1.54, 1.807) is 0 Å². The summed E-state index contributed by atoms with van der Waals surface area (Å²) in [4.78, 5) is 12.4. The van der Waals surface area contributed by atoms with Gasteiger partial charge in [-0.25, -0.2) is 0 Å². The molecule has 1 aliphatic carbocycles. The van der Waals surface area contributed by atoms with Gasteiger partial charge in [0.1, 0.15) is 0 Å². The van der Waals surface area contributed by atoms with Gasteiger partial charge in [0.25, 0.3) is 0 Å². The third-order valence-electron chi connectivity index (χ3n) is 4.22. The summed E-state index contributed by atoms with van der Waals surface area (Å²) in [6.07, 6.45) is 4.86. The molecule has 1 aromatic carbocycles. The molecule has 5 heteroatoms. The highest BCUT2D eigenvalue weighted by Gasteiger charge is 2.34. The van der Waals surface area contributed by atoms with E-state index >= 15 is 0 Å². The summed E-state index contributed by atoms with van der Waals surface area (Å²) in [5.74, 6) is -0.0200. The lowest BCUT2D eigenvalue weighted by Crippen LogP contribution is -2.54. The van der Waals surface area contributed by atoms with Gasteiger partial charge in [-0.15, -0.1) is 12.4 Å². The number of halogens is 1. The fraction of sp³-hybridized carbons (Fsp3) is 0.588. The second-order valence-corrected chi connectivity index (χ2v) is 5.81. The Morgan fingerprint density at radius 3 is 2.50 bits per heavy atom. The Morgan fingerprint density at radius 2 is 1.86 bits per heavy atom. The number of nitrogens with one attached hydrogen (secondary N) is 1. The zero-order valence-electron chi connectivity index (χ0n) is 13.3.